The number of rotatable bonds is 3. The molecule has 1 aromatic rings. The first-order chi connectivity index (χ1) is 8.97. The van der Waals surface area contributed by atoms with Crippen LogP contribution in [0.5, 0.6) is 0 Å². The van der Waals surface area contributed by atoms with Crippen LogP contribution in [0.1, 0.15) is 13.3 Å². The summed E-state index contributed by atoms with van der Waals surface area (Å²) in [5, 5.41) is 11.9. The van der Waals surface area contributed by atoms with Crippen LogP contribution in [0.4, 0.5) is 16.2 Å². The van der Waals surface area contributed by atoms with Crippen molar-refractivity contribution < 1.29 is 9.90 Å². The van der Waals surface area contributed by atoms with E-state index in [0.717, 1.165) is 25.2 Å². The Morgan fingerprint density at radius 2 is 2.37 bits per heavy atom. The standard InChI is InChI=1S/C13H18ClN3O2/c1-8(16-13(18)19)9-4-5-17(7-9)12-3-2-10(14)6-11(12)15/h2-3,6,8-9,16H,4-5,7,15H2,1H3,(H,18,19). The predicted molar refractivity (Wildman–Crippen MR) is 76.8 cm³/mol. The Kier molecular flexibility index (Phi) is 4.04. The Labute approximate surface area is 117 Å². The largest absolute Gasteiger partial charge is 0.465 e. The monoisotopic (exact) mass is 283 g/mol. The number of nitrogens with one attached hydrogen (secondary N) is 1. The first kappa shape index (κ1) is 13.8. The molecule has 2 rings (SSSR count). The van der Waals surface area contributed by atoms with E-state index >= 15 is 0 Å². The lowest BCUT2D eigenvalue weighted by Gasteiger charge is -2.23. The molecule has 4 N–H and O–H groups in total. The van der Waals surface area contributed by atoms with Crippen molar-refractivity contribution >= 4 is 29.1 Å². The van der Waals surface area contributed by atoms with Crippen LogP contribution in [0.3, 0.4) is 0 Å². The molecule has 0 bridgehead atoms. The van der Waals surface area contributed by atoms with Gasteiger partial charge in [0.2, 0.25) is 0 Å². The van der Waals surface area contributed by atoms with Crippen molar-refractivity contribution in [1.29, 1.82) is 0 Å². The lowest BCUT2D eigenvalue weighted by atomic mass is 10.0. The van der Waals surface area contributed by atoms with E-state index in [1.807, 2.05) is 19.1 Å². The maximum absolute atomic E-state index is 10.7. The summed E-state index contributed by atoms with van der Waals surface area (Å²) in [7, 11) is 0. The summed E-state index contributed by atoms with van der Waals surface area (Å²) < 4.78 is 0. The van der Waals surface area contributed by atoms with Gasteiger partial charge >= 0.3 is 6.09 Å². The molecule has 2 unspecified atom stereocenters. The second-order valence-corrected chi connectivity index (χ2v) is 5.37. The van der Waals surface area contributed by atoms with Gasteiger partial charge in [0.25, 0.3) is 0 Å². The SMILES string of the molecule is CC(NC(=O)O)C1CCN(c2ccc(Cl)cc2N)C1. The van der Waals surface area contributed by atoms with Crippen LogP contribution in [0.15, 0.2) is 18.2 Å². The third-order valence-corrected chi connectivity index (χ3v) is 3.85. The molecule has 2 atom stereocenters. The van der Waals surface area contributed by atoms with Gasteiger partial charge in [-0.3, -0.25) is 0 Å². The van der Waals surface area contributed by atoms with E-state index in [1.165, 1.54) is 0 Å². The number of benzene rings is 1. The van der Waals surface area contributed by atoms with Crippen LogP contribution in [0, 0.1) is 5.92 Å². The van der Waals surface area contributed by atoms with E-state index in [-0.39, 0.29) is 6.04 Å². The highest BCUT2D eigenvalue weighted by Gasteiger charge is 2.28. The van der Waals surface area contributed by atoms with E-state index in [4.69, 9.17) is 22.4 Å². The molecule has 1 aliphatic heterocycles. The van der Waals surface area contributed by atoms with Gasteiger partial charge in [-0.05, 0) is 37.5 Å². The molecule has 5 nitrogen and oxygen atoms in total. The summed E-state index contributed by atoms with van der Waals surface area (Å²) in [5.74, 6) is 0.297. The van der Waals surface area contributed by atoms with Crippen LogP contribution in [-0.2, 0) is 0 Å². The average Bonchev–Trinajstić information content (AvgIpc) is 2.77. The molecule has 19 heavy (non-hydrogen) atoms. The maximum Gasteiger partial charge on any atom is 0.404 e. The molecule has 1 aliphatic rings. The molecule has 0 radical (unpaired) electrons. The molecule has 0 aromatic heterocycles. The fourth-order valence-electron chi connectivity index (χ4n) is 2.54. The van der Waals surface area contributed by atoms with Gasteiger partial charge < -0.3 is 21.1 Å². The number of hydrogen-bond donors (Lipinski definition) is 3. The number of nitrogen functional groups attached to an aromatic ring is 1. The Bertz CT molecular complexity index is 481. The molecule has 0 saturated carbocycles. The van der Waals surface area contributed by atoms with Crippen LogP contribution in [0.25, 0.3) is 0 Å². The predicted octanol–water partition coefficient (Wildman–Crippen LogP) is 2.40. The summed E-state index contributed by atoms with van der Waals surface area (Å²) in [5.41, 5.74) is 7.59. The Balaban J connectivity index is 2.03. The van der Waals surface area contributed by atoms with Crippen LogP contribution in [0.2, 0.25) is 5.02 Å². The van der Waals surface area contributed by atoms with E-state index in [1.54, 1.807) is 6.07 Å². The fourth-order valence-corrected chi connectivity index (χ4v) is 2.72. The van der Waals surface area contributed by atoms with Crippen molar-refractivity contribution in [2.24, 2.45) is 5.92 Å². The van der Waals surface area contributed by atoms with Gasteiger partial charge in [-0.2, -0.15) is 0 Å². The second kappa shape index (κ2) is 5.57. The number of amides is 1. The highest BCUT2D eigenvalue weighted by Crippen LogP contribution is 2.31. The van der Waals surface area contributed by atoms with Gasteiger partial charge in [0.1, 0.15) is 0 Å². The Morgan fingerprint density at radius 1 is 1.63 bits per heavy atom. The molecule has 6 heteroatoms. The Morgan fingerprint density at radius 3 is 3.00 bits per heavy atom. The van der Waals surface area contributed by atoms with Crippen LogP contribution in [-0.4, -0.2) is 30.3 Å². The second-order valence-electron chi connectivity index (χ2n) is 4.94. The molecule has 1 fully saturated rings. The highest BCUT2D eigenvalue weighted by atomic mass is 35.5. The molecular formula is C13H18ClN3O2. The van der Waals surface area contributed by atoms with Gasteiger partial charge in [0.15, 0.2) is 0 Å². The fraction of sp³-hybridized carbons (Fsp3) is 0.462. The molecule has 0 spiro atoms. The summed E-state index contributed by atoms with van der Waals surface area (Å²) in [6.45, 7) is 3.57. The number of hydrogen-bond acceptors (Lipinski definition) is 3. The molecule has 1 amide bonds. The molecule has 1 heterocycles. The number of nitrogens with zero attached hydrogens (tertiary/aromatic N) is 1. The van der Waals surface area contributed by atoms with Gasteiger partial charge in [0, 0.05) is 24.2 Å². The van der Waals surface area contributed by atoms with E-state index in [9.17, 15) is 4.79 Å². The van der Waals surface area contributed by atoms with E-state index in [2.05, 4.69) is 10.2 Å². The van der Waals surface area contributed by atoms with Gasteiger partial charge in [-0.25, -0.2) is 4.79 Å². The Hall–Kier alpha value is -1.62. The minimum Gasteiger partial charge on any atom is -0.465 e. The smallest absolute Gasteiger partial charge is 0.404 e. The maximum atomic E-state index is 10.7. The summed E-state index contributed by atoms with van der Waals surface area (Å²) in [4.78, 5) is 12.8. The molecule has 104 valence electrons. The van der Waals surface area contributed by atoms with Crippen molar-refractivity contribution in [1.82, 2.24) is 5.32 Å². The molecule has 1 saturated heterocycles. The number of halogens is 1. The van der Waals surface area contributed by atoms with Gasteiger partial charge in [-0.15, -0.1) is 0 Å². The first-order valence-corrected chi connectivity index (χ1v) is 6.64. The van der Waals surface area contributed by atoms with Crippen LogP contribution < -0.4 is 16.0 Å². The number of anilines is 2. The zero-order valence-electron chi connectivity index (χ0n) is 10.8. The van der Waals surface area contributed by atoms with E-state index < -0.39 is 6.09 Å². The minimum atomic E-state index is -0.975. The third kappa shape index (κ3) is 3.23. The lowest BCUT2D eigenvalue weighted by Crippen LogP contribution is -2.38. The number of carbonyl (C=O) groups is 1. The number of carboxylic acid groups (broad SMARTS) is 1. The normalized spacial score (nSPS) is 20.3. The summed E-state index contributed by atoms with van der Waals surface area (Å²) in [6, 6.07) is 5.41. The van der Waals surface area contributed by atoms with Crippen molar-refractivity contribution in [2.45, 2.75) is 19.4 Å². The van der Waals surface area contributed by atoms with Crippen LogP contribution >= 0.6 is 11.6 Å². The van der Waals surface area contributed by atoms with E-state index in [0.29, 0.717) is 16.6 Å². The zero-order chi connectivity index (χ0) is 14.0. The summed E-state index contributed by atoms with van der Waals surface area (Å²) in [6.07, 6.45) is -0.0271. The van der Waals surface area contributed by atoms with Gasteiger partial charge in [0.05, 0.1) is 11.4 Å². The minimum absolute atomic E-state index is 0.0592. The molecule has 0 aliphatic carbocycles. The first-order valence-electron chi connectivity index (χ1n) is 6.27. The third-order valence-electron chi connectivity index (χ3n) is 3.61. The van der Waals surface area contributed by atoms with Crippen molar-refractivity contribution in [2.75, 3.05) is 23.7 Å². The van der Waals surface area contributed by atoms with Gasteiger partial charge in [-0.1, -0.05) is 11.6 Å². The molecular weight excluding hydrogens is 266 g/mol. The molecule has 1 aromatic carbocycles. The zero-order valence-corrected chi connectivity index (χ0v) is 11.5. The van der Waals surface area contributed by atoms with Crippen molar-refractivity contribution in [3.8, 4) is 0 Å². The summed E-state index contributed by atoms with van der Waals surface area (Å²) >= 11 is 5.89. The highest BCUT2D eigenvalue weighted by molar-refractivity contribution is 6.31. The average molecular weight is 284 g/mol. The van der Waals surface area contributed by atoms with Crippen molar-refractivity contribution in [3.63, 3.8) is 0 Å². The topological polar surface area (TPSA) is 78.6 Å². The van der Waals surface area contributed by atoms with Crippen molar-refractivity contribution in [3.05, 3.63) is 23.2 Å². The quantitative estimate of drug-likeness (QED) is 0.744. The lowest BCUT2D eigenvalue weighted by molar-refractivity contribution is 0.186. The number of nitrogens with two attached hydrogens (primary N) is 1.